The fourth-order valence-corrected chi connectivity index (χ4v) is 4.21. The van der Waals surface area contributed by atoms with Crippen LogP contribution in [-0.2, 0) is 11.3 Å². The zero-order valence-electron chi connectivity index (χ0n) is 18.3. The zero-order chi connectivity index (χ0) is 21.7. The highest BCUT2D eigenvalue weighted by Crippen LogP contribution is 2.33. The molecule has 6 nitrogen and oxygen atoms in total. The average Bonchev–Trinajstić information content (AvgIpc) is 2.99. The van der Waals surface area contributed by atoms with E-state index < -0.39 is 0 Å². The third kappa shape index (κ3) is 5.55. The number of aromatic nitrogens is 2. The predicted molar refractivity (Wildman–Crippen MR) is 123 cm³/mol. The van der Waals surface area contributed by atoms with Gasteiger partial charge in [0.2, 0.25) is 0 Å². The van der Waals surface area contributed by atoms with Crippen molar-refractivity contribution in [2.45, 2.75) is 53.7 Å². The van der Waals surface area contributed by atoms with Gasteiger partial charge in [0.1, 0.15) is 16.5 Å². The van der Waals surface area contributed by atoms with Crippen LogP contribution >= 0.6 is 11.3 Å². The molecule has 7 heteroatoms. The SMILES string of the molecule is Cc1nc(NCc2ccc(C(=O)NCCCOC(C)C)cc2)c2c(C)c(C)sc2n1. The van der Waals surface area contributed by atoms with E-state index in [1.54, 1.807) is 11.3 Å². The molecular formula is C23H30N4O2S. The fourth-order valence-electron chi connectivity index (χ4n) is 3.14. The van der Waals surface area contributed by atoms with E-state index in [0.29, 0.717) is 25.3 Å². The number of ether oxygens (including phenoxy) is 1. The molecule has 0 radical (unpaired) electrons. The molecule has 0 aliphatic carbocycles. The van der Waals surface area contributed by atoms with E-state index in [1.165, 1.54) is 10.4 Å². The molecule has 2 aromatic heterocycles. The van der Waals surface area contributed by atoms with Crippen molar-refractivity contribution < 1.29 is 9.53 Å². The highest BCUT2D eigenvalue weighted by Gasteiger charge is 2.13. The molecular weight excluding hydrogens is 396 g/mol. The number of fused-ring (bicyclic) bond motifs is 1. The molecule has 0 aliphatic rings. The molecule has 2 heterocycles. The topological polar surface area (TPSA) is 76.1 Å². The van der Waals surface area contributed by atoms with E-state index >= 15 is 0 Å². The lowest BCUT2D eigenvalue weighted by atomic mass is 10.1. The summed E-state index contributed by atoms with van der Waals surface area (Å²) in [7, 11) is 0. The van der Waals surface area contributed by atoms with Gasteiger partial charge in [-0.3, -0.25) is 4.79 Å². The molecule has 1 aromatic carbocycles. The number of aryl methyl sites for hydroxylation is 3. The molecule has 2 N–H and O–H groups in total. The van der Waals surface area contributed by atoms with Crippen molar-refractivity contribution in [1.29, 1.82) is 0 Å². The fraction of sp³-hybridized carbons (Fsp3) is 0.435. The maximum atomic E-state index is 12.3. The van der Waals surface area contributed by atoms with E-state index in [1.807, 2.05) is 45.0 Å². The van der Waals surface area contributed by atoms with Gasteiger partial charge in [-0.2, -0.15) is 0 Å². The summed E-state index contributed by atoms with van der Waals surface area (Å²) in [5, 5.41) is 7.48. The summed E-state index contributed by atoms with van der Waals surface area (Å²) in [6.45, 7) is 12.0. The van der Waals surface area contributed by atoms with Crippen LogP contribution in [0.5, 0.6) is 0 Å². The summed E-state index contributed by atoms with van der Waals surface area (Å²) in [4.78, 5) is 23.7. The maximum Gasteiger partial charge on any atom is 0.251 e. The van der Waals surface area contributed by atoms with Gasteiger partial charge in [0.15, 0.2) is 0 Å². The first-order valence-corrected chi connectivity index (χ1v) is 11.1. The smallest absolute Gasteiger partial charge is 0.251 e. The highest BCUT2D eigenvalue weighted by atomic mass is 32.1. The van der Waals surface area contributed by atoms with Crippen molar-refractivity contribution in [2.75, 3.05) is 18.5 Å². The number of thiophene rings is 1. The summed E-state index contributed by atoms with van der Waals surface area (Å²) in [5.74, 6) is 1.57. The van der Waals surface area contributed by atoms with Crippen LogP contribution in [0.4, 0.5) is 5.82 Å². The Bertz CT molecular complexity index is 1010. The number of carbonyl (C=O) groups is 1. The van der Waals surface area contributed by atoms with Crippen molar-refractivity contribution in [3.05, 3.63) is 51.7 Å². The molecule has 30 heavy (non-hydrogen) atoms. The number of hydrogen-bond donors (Lipinski definition) is 2. The summed E-state index contributed by atoms with van der Waals surface area (Å²) in [6, 6.07) is 7.66. The van der Waals surface area contributed by atoms with Crippen molar-refractivity contribution in [1.82, 2.24) is 15.3 Å². The van der Waals surface area contributed by atoms with Gasteiger partial charge in [-0.25, -0.2) is 9.97 Å². The molecule has 0 saturated carbocycles. The normalized spacial score (nSPS) is 11.3. The number of rotatable bonds is 9. The molecule has 0 unspecified atom stereocenters. The largest absolute Gasteiger partial charge is 0.379 e. The molecule has 3 rings (SSSR count). The van der Waals surface area contributed by atoms with Crippen LogP contribution in [-0.4, -0.2) is 35.1 Å². The number of nitrogens with one attached hydrogen (secondary N) is 2. The minimum Gasteiger partial charge on any atom is -0.379 e. The number of hydrogen-bond acceptors (Lipinski definition) is 6. The Morgan fingerprint density at radius 1 is 1.13 bits per heavy atom. The zero-order valence-corrected chi connectivity index (χ0v) is 19.2. The van der Waals surface area contributed by atoms with Gasteiger partial charge in [-0.05, 0) is 64.3 Å². The van der Waals surface area contributed by atoms with Gasteiger partial charge in [0, 0.05) is 30.1 Å². The molecule has 0 saturated heterocycles. The molecule has 3 aromatic rings. The van der Waals surface area contributed by atoms with Gasteiger partial charge < -0.3 is 15.4 Å². The van der Waals surface area contributed by atoms with E-state index in [0.717, 1.165) is 33.8 Å². The number of benzene rings is 1. The van der Waals surface area contributed by atoms with Crippen LogP contribution in [0.1, 0.15) is 52.5 Å². The summed E-state index contributed by atoms with van der Waals surface area (Å²) in [5.41, 5.74) is 2.97. The number of nitrogens with zero attached hydrogens (tertiary/aromatic N) is 2. The lowest BCUT2D eigenvalue weighted by Gasteiger charge is -2.10. The van der Waals surface area contributed by atoms with Crippen molar-refractivity contribution in [3.8, 4) is 0 Å². The van der Waals surface area contributed by atoms with Gasteiger partial charge in [0.05, 0.1) is 11.5 Å². The molecule has 0 fully saturated rings. The van der Waals surface area contributed by atoms with Crippen LogP contribution in [0.2, 0.25) is 0 Å². The molecule has 0 aliphatic heterocycles. The van der Waals surface area contributed by atoms with Crippen molar-refractivity contribution >= 4 is 33.3 Å². The molecule has 1 amide bonds. The number of carbonyl (C=O) groups excluding carboxylic acids is 1. The number of anilines is 1. The maximum absolute atomic E-state index is 12.3. The summed E-state index contributed by atoms with van der Waals surface area (Å²) < 4.78 is 5.48. The van der Waals surface area contributed by atoms with Gasteiger partial charge in [-0.1, -0.05) is 12.1 Å². The van der Waals surface area contributed by atoms with E-state index in [-0.39, 0.29) is 12.0 Å². The Labute approximate surface area is 182 Å². The first-order valence-electron chi connectivity index (χ1n) is 10.3. The Morgan fingerprint density at radius 2 is 1.87 bits per heavy atom. The second-order valence-corrected chi connectivity index (χ2v) is 8.87. The molecule has 0 spiro atoms. The van der Waals surface area contributed by atoms with Gasteiger partial charge in [-0.15, -0.1) is 11.3 Å². The monoisotopic (exact) mass is 426 g/mol. The van der Waals surface area contributed by atoms with Crippen LogP contribution < -0.4 is 10.6 Å². The Hall–Kier alpha value is -2.51. The van der Waals surface area contributed by atoms with Crippen molar-refractivity contribution in [2.24, 2.45) is 0 Å². The van der Waals surface area contributed by atoms with Gasteiger partial charge in [0.25, 0.3) is 5.91 Å². The Kier molecular flexibility index (Phi) is 7.39. The molecule has 160 valence electrons. The quantitative estimate of drug-likeness (QED) is 0.482. The van der Waals surface area contributed by atoms with E-state index in [4.69, 9.17) is 4.74 Å². The predicted octanol–water partition coefficient (Wildman–Crippen LogP) is 4.77. The van der Waals surface area contributed by atoms with Gasteiger partial charge >= 0.3 is 0 Å². The second-order valence-electron chi connectivity index (χ2n) is 7.66. The van der Waals surface area contributed by atoms with Crippen LogP contribution in [0.3, 0.4) is 0 Å². The Morgan fingerprint density at radius 3 is 2.57 bits per heavy atom. The second kappa shape index (κ2) is 10.00. The molecule has 0 bridgehead atoms. The average molecular weight is 427 g/mol. The van der Waals surface area contributed by atoms with Crippen LogP contribution in [0, 0.1) is 20.8 Å². The van der Waals surface area contributed by atoms with E-state index in [9.17, 15) is 4.79 Å². The highest BCUT2D eigenvalue weighted by molar-refractivity contribution is 7.18. The minimum atomic E-state index is -0.0587. The van der Waals surface area contributed by atoms with Crippen LogP contribution in [0.25, 0.3) is 10.2 Å². The summed E-state index contributed by atoms with van der Waals surface area (Å²) >= 11 is 1.70. The third-order valence-corrected chi connectivity index (χ3v) is 5.98. The first-order chi connectivity index (χ1) is 14.3. The van der Waals surface area contributed by atoms with Crippen molar-refractivity contribution in [3.63, 3.8) is 0 Å². The standard InChI is InChI=1S/C23H30N4O2S/c1-14(2)29-12-6-11-24-22(28)19-9-7-18(8-10-19)13-25-21-20-15(3)16(4)30-23(20)27-17(5)26-21/h7-10,14H,6,11-13H2,1-5H3,(H,24,28)(H,25,26,27). The summed E-state index contributed by atoms with van der Waals surface area (Å²) in [6.07, 6.45) is 1.03. The lowest BCUT2D eigenvalue weighted by molar-refractivity contribution is 0.0757. The molecule has 0 atom stereocenters. The van der Waals surface area contributed by atoms with E-state index in [2.05, 4.69) is 34.4 Å². The Balaban J connectivity index is 1.58. The minimum absolute atomic E-state index is 0.0587. The first kappa shape index (κ1) is 22.2. The lowest BCUT2D eigenvalue weighted by Crippen LogP contribution is -2.25. The third-order valence-electron chi connectivity index (χ3n) is 4.87. The van der Waals surface area contributed by atoms with Crippen LogP contribution in [0.15, 0.2) is 24.3 Å². The number of amides is 1.